The molecule has 0 radical (unpaired) electrons. The summed E-state index contributed by atoms with van der Waals surface area (Å²) in [4.78, 5) is 37.4. The average molecular weight is 389 g/mol. The van der Waals surface area contributed by atoms with Gasteiger partial charge >= 0.3 is 6.09 Å². The van der Waals surface area contributed by atoms with Gasteiger partial charge in [0.25, 0.3) is 11.5 Å². The van der Waals surface area contributed by atoms with E-state index in [2.05, 4.69) is 15.7 Å². The van der Waals surface area contributed by atoms with Crippen molar-refractivity contribution in [1.29, 1.82) is 0 Å². The normalized spacial score (nSPS) is 16.9. The zero-order chi connectivity index (χ0) is 20.2. The number of nitrogens with zero attached hydrogens (tertiary/aromatic N) is 3. The number of hydrogen-bond acceptors (Lipinski definition) is 6. The lowest BCUT2D eigenvalue weighted by molar-refractivity contribution is 0.0944. The predicted octanol–water partition coefficient (Wildman–Crippen LogP) is 1.24. The van der Waals surface area contributed by atoms with Gasteiger partial charge in [-0.2, -0.15) is 4.52 Å². The zero-order valence-corrected chi connectivity index (χ0v) is 16.0. The van der Waals surface area contributed by atoms with E-state index in [1.165, 1.54) is 4.57 Å². The van der Waals surface area contributed by atoms with E-state index in [-0.39, 0.29) is 29.4 Å². The molecule has 2 amide bonds. The molecule has 0 atom stereocenters. The quantitative estimate of drug-likeness (QED) is 0.725. The summed E-state index contributed by atoms with van der Waals surface area (Å²) in [5.74, 6) is -0.821. The van der Waals surface area contributed by atoms with Crippen LogP contribution in [0, 0.1) is 5.41 Å². The summed E-state index contributed by atoms with van der Waals surface area (Å²) in [6.45, 7) is 6.38. The van der Waals surface area contributed by atoms with Crippen LogP contribution in [-0.2, 0) is 17.7 Å². The number of anilines is 1. The molecule has 150 valence electrons. The molecule has 0 bridgehead atoms. The Bertz CT molecular complexity index is 1040. The van der Waals surface area contributed by atoms with Crippen LogP contribution in [0.5, 0.6) is 5.88 Å². The molecule has 2 aromatic rings. The molecule has 1 saturated carbocycles. The molecular formula is C18H23N5O5. The van der Waals surface area contributed by atoms with Gasteiger partial charge in [0.1, 0.15) is 5.65 Å². The topological polar surface area (TPSA) is 127 Å². The molecule has 0 spiro atoms. The van der Waals surface area contributed by atoms with Crippen LogP contribution in [0.3, 0.4) is 0 Å². The van der Waals surface area contributed by atoms with Crippen molar-refractivity contribution in [3.05, 3.63) is 21.5 Å². The number of rotatable bonds is 3. The van der Waals surface area contributed by atoms with Crippen molar-refractivity contribution in [1.82, 2.24) is 19.5 Å². The second-order valence-corrected chi connectivity index (χ2v) is 8.47. The summed E-state index contributed by atoms with van der Waals surface area (Å²) >= 11 is 0. The van der Waals surface area contributed by atoms with Crippen LogP contribution in [0.25, 0.3) is 5.65 Å². The summed E-state index contributed by atoms with van der Waals surface area (Å²) in [6, 6.07) is 0.0313. The summed E-state index contributed by atoms with van der Waals surface area (Å²) in [5.41, 5.74) is -0.403. The minimum atomic E-state index is -0.723. The van der Waals surface area contributed by atoms with Crippen molar-refractivity contribution < 1.29 is 19.4 Å². The third-order valence-corrected chi connectivity index (χ3v) is 4.68. The summed E-state index contributed by atoms with van der Waals surface area (Å²) in [5, 5.41) is 20.4. The Hall–Kier alpha value is -3.04. The molecule has 2 aromatic heterocycles. The van der Waals surface area contributed by atoms with E-state index in [0.29, 0.717) is 24.2 Å². The standard InChI is InChI=1S/C18H23N5O5/c1-18(2,3)8-22-14-10-6-7-28-17(27)20-12(10)21-23(14)16(26)11(15(22)25)13(24)19-9-4-5-9/h9,25H,4-8H2,1-3H3,(H,19,24)(H,20,21,27). The first-order valence-corrected chi connectivity index (χ1v) is 9.28. The molecule has 0 aromatic carbocycles. The molecule has 0 unspecified atom stereocenters. The van der Waals surface area contributed by atoms with Gasteiger partial charge in [-0.3, -0.25) is 19.5 Å². The van der Waals surface area contributed by atoms with Gasteiger partial charge in [0.15, 0.2) is 11.4 Å². The van der Waals surface area contributed by atoms with Crippen LogP contribution in [-0.4, -0.2) is 43.9 Å². The fourth-order valence-corrected chi connectivity index (χ4v) is 3.31. The van der Waals surface area contributed by atoms with Crippen molar-refractivity contribution in [3.63, 3.8) is 0 Å². The van der Waals surface area contributed by atoms with E-state index in [4.69, 9.17) is 4.74 Å². The second kappa shape index (κ2) is 6.25. The number of fused-ring (bicyclic) bond motifs is 3. The number of carbonyl (C=O) groups is 2. The van der Waals surface area contributed by atoms with Crippen LogP contribution < -0.4 is 16.2 Å². The van der Waals surface area contributed by atoms with Crippen LogP contribution in [0.1, 0.15) is 49.5 Å². The van der Waals surface area contributed by atoms with Crippen molar-refractivity contribution in [2.75, 3.05) is 11.9 Å². The van der Waals surface area contributed by atoms with E-state index < -0.39 is 23.4 Å². The number of ether oxygens (including phenoxy) is 1. The Balaban J connectivity index is 1.98. The van der Waals surface area contributed by atoms with Crippen molar-refractivity contribution >= 4 is 23.5 Å². The Morgan fingerprint density at radius 3 is 2.71 bits per heavy atom. The minimum absolute atomic E-state index is 0.0313. The number of aromatic nitrogens is 3. The maximum atomic E-state index is 13.0. The third-order valence-electron chi connectivity index (χ3n) is 4.68. The van der Waals surface area contributed by atoms with Gasteiger partial charge in [-0.15, -0.1) is 5.10 Å². The lowest BCUT2D eigenvalue weighted by Crippen LogP contribution is -2.35. The van der Waals surface area contributed by atoms with E-state index in [1.807, 2.05) is 20.8 Å². The summed E-state index contributed by atoms with van der Waals surface area (Å²) in [6.07, 6.45) is 1.38. The number of hydrogen-bond donors (Lipinski definition) is 3. The largest absolute Gasteiger partial charge is 0.494 e. The maximum Gasteiger partial charge on any atom is 0.412 e. The van der Waals surface area contributed by atoms with Gasteiger partial charge in [-0.25, -0.2) is 4.79 Å². The molecule has 1 aliphatic heterocycles. The van der Waals surface area contributed by atoms with Gasteiger partial charge in [-0.05, 0) is 18.3 Å². The van der Waals surface area contributed by atoms with Gasteiger partial charge in [-0.1, -0.05) is 20.8 Å². The third kappa shape index (κ3) is 3.19. The Morgan fingerprint density at radius 1 is 1.36 bits per heavy atom. The molecule has 4 rings (SSSR count). The molecule has 28 heavy (non-hydrogen) atoms. The number of nitrogens with one attached hydrogen (secondary N) is 2. The van der Waals surface area contributed by atoms with E-state index in [0.717, 1.165) is 17.4 Å². The fourth-order valence-electron chi connectivity index (χ4n) is 3.31. The molecule has 10 nitrogen and oxygen atoms in total. The van der Waals surface area contributed by atoms with E-state index in [9.17, 15) is 19.5 Å². The molecule has 2 aliphatic rings. The Labute approximate surface area is 160 Å². The highest BCUT2D eigenvalue weighted by Gasteiger charge is 2.32. The van der Waals surface area contributed by atoms with Gasteiger partial charge in [0.2, 0.25) is 5.88 Å². The van der Waals surface area contributed by atoms with Gasteiger partial charge in [0.05, 0.1) is 6.61 Å². The molecule has 3 heterocycles. The first-order chi connectivity index (χ1) is 13.2. The highest BCUT2D eigenvalue weighted by atomic mass is 16.5. The lowest BCUT2D eigenvalue weighted by atomic mass is 9.96. The smallest absolute Gasteiger partial charge is 0.412 e. The second-order valence-electron chi connectivity index (χ2n) is 8.47. The van der Waals surface area contributed by atoms with Crippen LogP contribution in [0.4, 0.5) is 10.6 Å². The summed E-state index contributed by atoms with van der Waals surface area (Å²) < 4.78 is 7.60. The molecule has 1 fully saturated rings. The number of cyclic esters (lactones) is 1. The molecule has 10 heteroatoms. The van der Waals surface area contributed by atoms with Crippen LogP contribution in [0.2, 0.25) is 0 Å². The SMILES string of the molecule is CC(C)(C)Cn1c(O)c(C(=O)NC2CC2)c(=O)n2nc3c(c12)CCOC(=O)N3. The lowest BCUT2D eigenvalue weighted by Gasteiger charge is -2.23. The Kier molecular flexibility index (Phi) is 4.09. The number of aromatic hydroxyl groups is 1. The van der Waals surface area contributed by atoms with Crippen molar-refractivity contribution in [2.24, 2.45) is 5.41 Å². The number of amides is 2. The molecular weight excluding hydrogens is 366 g/mol. The number of carbonyl (C=O) groups excluding carboxylic acids is 2. The molecule has 0 saturated heterocycles. The Morgan fingerprint density at radius 2 is 2.07 bits per heavy atom. The van der Waals surface area contributed by atoms with Crippen LogP contribution in [0.15, 0.2) is 4.79 Å². The average Bonchev–Trinajstić information content (AvgIpc) is 3.35. The monoisotopic (exact) mass is 389 g/mol. The first kappa shape index (κ1) is 18.3. The van der Waals surface area contributed by atoms with Crippen molar-refractivity contribution in [2.45, 2.75) is 52.6 Å². The fraction of sp³-hybridized carbons (Fsp3) is 0.556. The van der Waals surface area contributed by atoms with E-state index >= 15 is 0 Å². The predicted molar refractivity (Wildman–Crippen MR) is 99.7 cm³/mol. The highest BCUT2D eigenvalue weighted by molar-refractivity contribution is 5.97. The first-order valence-electron chi connectivity index (χ1n) is 9.28. The molecule has 1 aliphatic carbocycles. The molecule has 3 N–H and O–H groups in total. The highest BCUT2D eigenvalue weighted by Crippen LogP contribution is 2.30. The zero-order valence-electron chi connectivity index (χ0n) is 16.0. The van der Waals surface area contributed by atoms with Gasteiger partial charge < -0.3 is 15.2 Å². The van der Waals surface area contributed by atoms with E-state index in [1.54, 1.807) is 0 Å². The maximum absolute atomic E-state index is 13.0. The minimum Gasteiger partial charge on any atom is -0.494 e. The van der Waals surface area contributed by atoms with Crippen molar-refractivity contribution in [3.8, 4) is 5.88 Å². The summed E-state index contributed by atoms with van der Waals surface area (Å²) in [7, 11) is 0. The van der Waals surface area contributed by atoms with Gasteiger partial charge in [0, 0.05) is 24.6 Å². The van der Waals surface area contributed by atoms with Crippen LogP contribution >= 0.6 is 0 Å².